The van der Waals surface area contributed by atoms with E-state index >= 15 is 0 Å². The van der Waals surface area contributed by atoms with Gasteiger partial charge in [-0.3, -0.25) is 4.79 Å². The Hall–Kier alpha value is -1.31. The summed E-state index contributed by atoms with van der Waals surface area (Å²) in [4.78, 5) is 25.8. The summed E-state index contributed by atoms with van der Waals surface area (Å²) in [6.45, 7) is 1.24. The molecule has 1 aliphatic heterocycles. The summed E-state index contributed by atoms with van der Waals surface area (Å²) in [5, 5.41) is 5.98. The molecule has 0 bridgehead atoms. The fourth-order valence-corrected chi connectivity index (χ4v) is 3.87. The molecule has 3 amide bonds. The molecule has 0 aromatic rings. The molecule has 2 rings (SSSR count). The quantitative estimate of drug-likeness (QED) is 0.767. The predicted molar refractivity (Wildman–Crippen MR) is 92.5 cm³/mol. The van der Waals surface area contributed by atoms with Crippen LogP contribution in [0.2, 0.25) is 0 Å². The zero-order chi connectivity index (χ0) is 17.6. The van der Waals surface area contributed by atoms with Gasteiger partial charge in [-0.25, -0.2) is 13.2 Å². The number of nitrogens with one attached hydrogen (secondary N) is 2. The van der Waals surface area contributed by atoms with Crippen LogP contribution in [0.1, 0.15) is 51.4 Å². The largest absolute Gasteiger partial charge is 0.353 e. The molecule has 7 nitrogen and oxygen atoms in total. The Morgan fingerprint density at radius 2 is 1.54 bits per heavy atom. The summed E-state index contributed by atoms with van der Waals surface area (Å²) in [5.74, 6) is -0.355. The van der Waals surface area contributed by atoms with Crippen molar-refractivity contribution in [2.45, 2.75) is 63.5 Å². The standard InChI is InChI=1S/C16H29N3O4S/c1-24(22,23)12-9-15(20)17-14-7-10-19(11-8-14)16(21)18-13-5-3-2-4-6-13/h13-14H,2-12H2,1H3,(H,17,20)(H,18,21). The third-order valence-electron chi connectivity index (χ3n) is 4.78. The van der Waals surface area contributed by atoms with Crippen LogP contribution in [0.3, 0.4) is 0 Å². The zero-order valence-corrected chi connectivity index (χ0v) is 15.2. The van der Waals surface area contributed by atoms with E-state index in [1.807, 2.05) is 4.90 Å². The lowest BCUT2D eigenvalue weighted by Gasteiger charge is -2.34. The topological polar surface area (TPSA) is 95.6 Å². The van der Waals surface area contributed by atoms with Gasteiger partial charge in [0.05, 0.1) is 5.75 Å². The lowest BCUT2D eigenvalue weighted by molar-refractivity contribution is -0.121. The minimum Gasteiger partial charge on any atom is -0.353 e. The van der Waals surface area contributed by atoms with Gasteiger partial charge in [-0.15, -0.1) is 0 Å². The second-order valence-electron chi connectivity index (χ2n) is 6.99. The van der Waals surface area contributed by atoms with E-state index in [0.717, 1.165) is 19.1 Å². The number of urea groups is 1. The maximum Gasteiger partial charge on any atom is 0.317 e. The second kappa shape index (κ2) is 8.69. The third-order valence-corrected chi connectivity index (χ3v) is 5.73. The molecule has 0 atom stereocenters. The number of hydrogen-bond acceptors (Lipinski definition) is 4. The number of hydrogen-bond donors (Lipinski definition) is 2. The fourth-order valence-electron chi connectivity index (χ4n) is 3.32. The molecule has 2 N–H and O–H groups in total. The van der Waals surface area contributed by atoms with Crippen molar-refractivity contribution < 1.29 is 18.0 Å². The van der Waals surface area contributed by atoms with Gasteiger partial charge in [0, 0.05) is 37.8 Å². The molecule has 0 radical (unpaired) electrons. The van der Waals surface area contributed by atoms with E-state index in [9.17, 15) is 18.0 Å². The fraction of sp³-hybridized carbons (Fsp3) is 0.875. The van der Waals surface area contributed by atoms with Crippen molar-refractivity contribution in [1.29, 1.82) is 0 Å². The number of nitrogens with zero attached hydrogens (tertiary/aromatic N) is 1. The molecule has 1 saturated heterocycles. The first-order chi connectivity index (χ1) is 11.3. The van der Waals surface area contributed by atoms with E-state index in [1.165, 1.54) is 19.3 Å². The van der Waals surface area contributed by atoms with Crippen LogP contribution in [0.15, 0.2) is 0 Å². The highest BCUT2D eigenvalue weighted by atomic mass is 32.2. The third kappa shape index (κ3) is 6.67. The van der Waals surface area contributed by atoms with E-state index in [1.54, 1.807) is 0 Å². The van der Waals surface area contributed by atoms with Crippen LogP contribution in [0.5, 0.6) is 0 Å². The minimum atomic E-state index is -3.12. The average Bonchev–Trinajstić information content (AvgIpc) is 2.54. The van der Waals surface area contributed by atoms with Crippen LogP contribution >= 0.6 is 0 Å². The van der Waals surface area contributed by atoms with E-state index in [2.05, 4.69) is 10.6 Å². The van der Waals surface area contributed by atoms with Gasteiger partial charge in [-0.05, 0) is 25.7 Å². The summed E-state index contributed by atoms with van der Waals surface area (Å²) in [6, 6.07) is 0.333. The Morgan fingerprint density at radius 3 is 2.12 bits per heavy atom. The highest BCUT2D eigenvalue weighted by molar-refractivity contribution is 7.90. The van der Waals surface area contributed by atoms with Crippen LogP contribution < -0.4 is 10.6 Å². The zero-order valence-electron chi connectivity index (χ0n) is 14.4. The molecule has 1 aliphatic carbocycles. The summed E-state index contributed by atoms with van der Waals surface area (Å²) in [6.07, 6.45) is 8.32. The first-order valence-electron chi connectivity index (χ1n) is 8.86. The molecular formula is C16H29N3O4S. The number of carbonyl (C=O) groups is 2. The summed E-state index contributed by atoms with van der Waals surface area (Å²) >= 11 is 0. The van der Waals surface area contributed by atoms with Gasteiger partial charge in [0.15, 0.2) is 0 Å². The van der Waals surface area contributed by atoms with Crippen molar-refractivity contribution in [2.75, 3.05) is 25.1 Å². The Kier molecular flexibility index (Phi) is 6.89. The highest BCUT2D eigenvalue weighted by Gasteiger charge is 2.25. The molecule has 2 fully saturated rings. The van der Waals surface area contributed by atoms with E-state index in [-0.39, 0.29) is 30.2 Å². The molecule has 0 aromatic carbocycles. The van der Waals surface area contributed by atoms with Crippen LogP contribution in [0.4, 0.5) is 4.79 Å². The monoisotopic (exact) mass is 359 g/mol. The van der Waals surface area contributed by atoms with Gasteiger partial charge >= 0.3 is 6.03 Å². The Balaban J connectivity index is 1.67. The van der Waals surface area contributed by atoms with Crippen molar-refractivity contribution in [3.8, 4) is 0 Å². The molecule has 24 heavy (non-hydrogen) atoms. The van der Waals surface area contributed by atoms with Gasteiger partial charge < -0.3 is 15.5 Å². The summed E-state index contributed by atoms with van der Waals surface area (Å²) < 4.78 is 22.2. The second-order valence-corrected chi connectivity index (χ2v) is 9.25. The molecule has 0 aromatic heterocycles. The van der Waals surface area contributed by atoms with E-state index in [0.29, 0.717) is 32.0 Å². The first kappa shape index (κ1) is 19.0. The predicted octanol–water partition coefficient (Wildman–Crippen LogP) is 1.04. The number of rotatable bonds is 5. The molecular weight excluding hydrogens is 330 g/mol. The molecule has 1 saturated carbocycles. The average molecular weight is 359 g/mol. The minimum absolute atomic E-state index is 0.00120. The lowest BCUT2D eigenvalue weighted by atomic mass is 9.95. The Morgan fingerprint density at radius 1 is 0.958 bits per heavy atom. The Bertz CT molecular complexity index is 536. The van der Waals surface area contributed by atoms with Crippen molar-refractivity contribution in [1.82, 2.24) is 15.5 Å². The van der Waals surface area contributed by atoms with Crippen molar-refractivity contribution >= 4 is 21.8 Å². The van der Waals surface area contributed by atoms with Crippen molar-refractivity contribution in [3.05, 3.63) is 0 Å². The molecule has 1 heterocycles. The highest BCUT2D eigenvalue weighted by Crippen LogP contribution is 2.18. The van der Waals surface area contributed by atoms with Crippen molar-refractivity contribution in [2.24, 2.45) is 0 Å². The maximum absolute atomic E-state index is 12.3. The summed E-state index contributed by atoms with van der Waals surface area (Å²) in [5.41, 5.74) is 0. The molecule has 2 aliphatic rings. The van der Waals surface area contributed by atoms with Gasteiger partial charge in [0.25, 0.3) is 0 Å². The molecule has 138 valence electrons. The molecule has 0 spiro atoms. The van der Waals surface area contributed by atoms with Gasteiger partial charge in [-0.1, -0.05) is 19.3 Å². The van der Waals surface area contributed by atoms with Crippen LogP contribution in [-0.2, 0) is 14.6 Å². The van der Waals surface area contributed by atoms with Gasteiger partial charge in [0.1, 0.15) is 9.84 Å². The Labute approximate surface area is 144 Å². The van der Waals surface area contributed by atoms with E-state index in [4.69, 9.17) is 0 Å². The van der Waals surface area contributed by atoms with Crippen molar-refractivity contribution in [3.63, 3.8) is 0 Å². The SMILES string of the molecule is CS(=O)(=O)CCC(=O)NC1CCN(C(=O)NC2CCCCC2)CC1. The number of piperidine rings is 1. The number of amides is 3. The molecule has 0 unspecified atom stereocenters. The van der Waals surface area contributed by atoms with Gasteiger partial charge in [0.2, 0.25) is 5.91 Å². The number of likely N-dealkylation sites (tertiary alicyclic amines) is 1. The smallest absolute Gasteiger partial charge is 0.317 e. The van der Waals surface area contributed by atoms with Crippen LogP contribution in [0, 0.1) is 0 Å². The number of sulfone groups is 1. The summed E-state index contributed by atoms with van der Waals surface area (Å²) in [7, 11) is -3.12. The van der Waals surface area contributed by atoms with E-state index < -0.39 is 9.84 Å². The molecule has 8 heteroatoms. The van der Waals surface area contributed by atoms with Gasteiger partial charge in [-0.2, -0.15) is 0 Å². The van der Waals surface area contributed by atoms with Crippen LogP contribution in [-0.4, -0.2) is 62.4 Å². The normalized spacial score (nSPS) is 20.6. The maximum atomic E-state index is 12.3. The lowest BCUT2D eigenvalue weighted by Crippen LogP contribution is -2.51. The van der Waals surface area contributed by atoms with Crippen LogP contribution in [0.25, 0.3) is 0 Å². The number of carbonyl (C=O) groups excluding carboxylic acids is 2. The first-order valence-corrected chi connectivity index (χ1v) is 10.9.